The average Bonchev–Trinajstić information content (AvgIpc) is 3.25. The zero-order valence-electron chi connectivity index (χ0n) is 15.9. The lowest BCUT2D eigenvalue weighted by Gasteiger charge is -2.24. The van der Waals surface area contributed by atoms with Crippen molar-refractivity contribution in [2.75, 3.05) is 0 Å². The molecule has 1 heterocycles. The van der Waals surface area contributed by atoms with Crippen molar-refractivity contribution in [3.8, 4) is 11.4 Å². The molecule has 152 valence electrons. The van der Waals surface area contributed by atoms with Gasteiger partial charge in [-0.25, -0.2) is 14.1 Å². The maximum Gasteiger partial charge on any atom is 0.227 e. The van der Waals surface area contributed by atoms with E-state index in [1.54, 1.807) is 10.7 Å². The number of benzene rings is 1. The van der Waals surface area contributed by atoms with Crippen LogP contribution in [0.25, 0.3) is 11.4 Å². The molecule has 0 saturated heterocycles. The fraction of sp³-hybridized carbons (Fsp3) is 0.381. The third-order valence-corrected chi connectivity index (χ3v) is 5.82. The Hall–Kier alpha value is -2.51. The van der Waals surface area contributed by atoms with Gasteiger partial charge in [0.25, 0.3) is 0 Å². The molecule has 6 nitrogen and oxygen atoms in total. The second kappa shape index (κ2) is 8.08. The molecule has 0 bridgehead atoms. The van der Waals surface area contributed by atoms with Crippen molar-refractivity contribution in [2.45, 2.75) is 38.5 Å². The van der Waals surface area contributed by atoms with Gasteiger partial charge in [-0.1, -0.05) is 35.9 Å². The number of rotatable bonds is 5. The molecule has 0 radical (unpaired) electrons. The van der Waals surface area contributed by atoms with Gasteiger partial charge >= 0.3 is 0 Å². The first kappa shape index (κ1) is 19.8. The van der Waals surface area contributed by atoms with Crippen LogP contribution in [0.3, 0.4) is 0 Å². The number of nitrogens with one attached hydrogen (secondary N) is 1. The van der Waals surface area contributed by atoms with Gasteiger partial charge in [-0.05, 0) is 37.5 Å². The third-order valence-electron chi connectivity index (χ3n) is 5.51. The van der Waals surface area contributed by atoms with E-state index in [-0.39, 0.29) is 35.2 Å². The number of hydrogen-bond acceptors (Lipinski definition) is 4. The van der Waals surface area contributed by atoms with E-state index >= 15 is 0 Å². The number of fused-ring (bicyclic) bond motifs is 1. The molecule has 1 fully saturated rings. The fourth-order valence-corrected chi connectivity index (χ4v) is 4.18. The summed E-state index contributed by atoms with van der Waals surface area (Å²) in [7, 11) is 0. The molecular weight excluding hydrogens is 395 g/mol. The Balaban J connectivity index is 1.49. The van der Waals surface area contributed by atoms with Crippen molar-refractivity contribution >= 4 is 17.5 Å². The second-order valence-corrected chi connectivity index (χ2v) is 7.79. The molecule has 2 aliphatic rings. The summed E-state index contributed by atoms with van der Waals surface area (Å²) in [6.45, 7) is 2.42. The second-order valence-electron chi connectivity index (χ2n) is 7.38. The molecule has 1 amide bonds. The monoisotopic (exact) mass is 416 g/mol. The highest BCUT2D eigenvalue weighted by molar-refractivity contribution is 6.30. The normalized spacial score (nSPS) is 25.2. The maximum atomic E-state index is 13.8. The first-order chi connectivity index (χ1) is 14.0. The summed E-state index contributed by atoms with van der Waals surface area (Å²) in [6, 6.07) is 4.05. The van der Waals surface area contributed by atoms with Crippen LogP contribution in [0.1, 0.15) is 19.2 Å². The van der Waals surface area contributed by atoms with E-state index in [1.165, 1.54) is 12.1 Å². The molecule has 4 atom stereocenters. The topological polar surface area (TPSA) is 80.0 Å². The highest BCUT2D eigenvalue weighted by Gasteiger charge is 2.41. The minimum absolute atomic E-state index is 0.0249. The Morgan fingerprint density at radius 3 is 2.93 bits per heavy atom. The molecule has 1 saturated carbocycles. The van der Waals surface area contributed by atoms with Crippen LogP contribution in [-0.4, -0.2) is 37.9 Å². The lowest BCUT2D eigenvalue weighted by atomic mass is 9.90. The van der Waals surface area contributed by atoms with Crippen molar-refractivity contribution in [1.29, 1.82) is 0 Å². The van der Waals surface area contributed by atoms with E-state index in [9.17, 15) is 14.3 Å². The van der Waals surface area contributed by atoms with Crippen molar-refractivity contribution in [3.63, 3.8) is 0 Å². The van der Waals surface area contributed by atoms with Crippen LogP contribution in [0.15, 0.2) is 42.5 Å². The van der Waals surface area contributed by atoms with E-state index < -0.39 is 11.9 Å². The lowest BCUT2D eigenvalue weighted by molar-refractivity contribution is -0.122. The Morgan fingerprint density at radius 2 is 2.17 bits per heavy atom. The highest BCUT2D eigenvalue weighted by atomic mass is 35.5. The van der Waals surface area contributed by atoms with Gasteiger partial charge in [0, 0.05) is 18.0 Å². The first-order valence-corrected chi connectivity index (χ1v) is 10.1. The zero-order chi connectivity index (χ0) is 20.5. The maximum absolute atomic E-state index is 13.8. The minimum atomic E-state index is -0.585. The number of halogens is 2. The molecule has 1 aromatic heterocycles. The predicted octanol–water partition coefficient (Wildman–Crippen LogP) is 2.91. The largest absolute Gasteiger partial charge is 0.391 e. The van der Waals surface area contributed by atoms with E-state index in [4.69, 9.17) is 11.6 Å². The van der Waals surface area contributed by atoms with Gasteiger partial charge in [0.1, 0.15) is 11.6 Å². The Labute approximate surface area is 173 Å². The molecular formula is C21H22ClFN4O2. The number of aromatic nitrogens is 3. The summed E-state index contributed by atoms with van der Waals surface area (Å²) in [6.07, 6.45) is 8.11. The van der Waals surface area contributed by atoms with Crippen LogP contribution >= 0.6 is 11.6 Å². The summed E-state index contributed by atoms with van der Waals surface area (Å²) in [5.41, 5.74) is 0.494. The van der Waals surface area contributed by atoms with Gasteiger partial charge in [0.15, 0.2) is 5.82 Å². The van der Waals surface area contributed by atoms with Crippen molar-refractivity contribution in [1.82, 2.24) is 20.1 Å². The van der Waals surface area contributed by atoms with Gasteiger partial charge in [-0.3, -0.25) is 4.79 Å². The molecule has 2 unspecified atom stereocenters. The fourth-order valence-electron chi connectivity index (χ4n) is 4.06. The summed E-state index contributed by atoms with van der Waals surface area (Å²) >= 11 is 5.74. The van der Waals surface area contributed by atoms with E-state index in [2.05, 4.69) is 21.5 Å². The molecule has 2 aliphatic carbocycles. The molecule has 8 heteroatoms. The predicted molar refractivity (Wildman–Crippen MR) is 108 cm³/mol. The van der Waals surface area contributed by atoms with Gasteiger partial charge in [0.2, 0.25) is 5.91 Å². The number of allylic oxidation sites excluding steroid dienone is 3. The van der Waals surface area contributed by atoms with Crippen LogP contribution in [0.2, 0.25) is 5.02 Å². The highest BCUT2D eigenvalue weighted by Crippen LogP contribution is 2.36. The smallest absolute Gasteiger partial charge is 0.227 e. The quantitative estimate of drug-likeness (QED) is 0.785. The van der Waals surface area contributed by atoms with Crippen LogP contribution in [0, 0.1) is 17.7 Å². The van der Waals surface area contributed by atoms with E-state index in [0.717, 1.165) is 0 Å². The summed E-state index contributed by atoms with van der Waals surface area (Å²) in [4.78, 5) is 17.1. The number of carbonyl (C=O) groups is 1. The number of nitrogens with zero attached hydrogens (tertiary/aromatic N) is 3. The van der Waals surface area contributed by atoms with Gasteiger partial charge in [-0.2, -0.15) is 5.10 Å². The summed E-state index contributed by atoms with van der Waals surface area (Å²) in [5, 5.41) is 17.7. The molecule has 4 rings (SSSR count). The Bertz CT molecular complexity index is 987. The minimum Gasteiger partial charge on any atom is -0.391 e. The number of amides is 1. The van der Waals surface area contributed by atoms with Crippen LogP contribution < -0.4 is 5.32 Å². The number of aryl methyl sites for hydroxylation is 1. The van der Waals surface area contributed by atoms with Gasteiger partial charge in [-0.15, -0.1) is 0 Å². The molecule has 29 heavy (non-hydrogen) atoms. The van der Waals surface area contributed by atoms with Crippen LogP contribution in [-0.2, 0) is 17.8 Å². The third kappa shape index (κ3) is 3.97. The van der Waals surface area contributed by atoms with E-state index in [0.29, 0.717) is 30.2 Å². The Morgan fingerprint density at radius 1 is 1.38 bits per heavy atom. The van der Waals surface area contributed by atoms with Crippen molar-refractivity contribution in [3.05, 3.63) is 59.2 Å². The van der Waals surface area contributed by atoms with Crippen LogP contribution in [0.4, 0.5) is 4.39 Å². The first-order valence-electron chi connectivity index (χ1n) is 9.68. The molecule has 0 aliphatic heterocycles. The van der Waals surface area contributed by atoms with Gasteiger partial charge in [0.05, 0.1) is 23.6 Å². The SMILES string of the molecule is CCn1nc(-c2ccc(Cl)c(F)c2)nc1CC(=O)N[C@H]1C2C=CC=CC2C[C@H]1O. The van der Waals surface area contributed by atoms with E-state index in [1.807, 2.05) is 25.2 Å². The lowest BCUT2D eigenvalue weighted by Crippen LogP contribution is -2.44. The number of aliphatic hydroxyl groups is 1. The number of aliphatic hydroxyl groups excluding tert-OH is 1. The summed E-state index contributed by atoms with van der Waals surface area (Å²) < 4.78 is 15.4. The average molecular weight is 417 g/mol. The zero-order valence-corrected chi connectivity index (χ0v) is 16.7. The standard InChI is InChI=1S/C21H22ClFN4O2/c1-2-27-18(24-21(26-27)13-7-8-15(22)16(23)9-13)11-19(29)25-20-14-6-4-3-5-12(14)10-17(20)28/h3-9,12,14,17,20,28H,2,10-11H2,1H3,(H,25,29)/t12?,14?,17-,20+/m1/s1. The molecule has 2 aromatic rings. The van der Waals surface area contributed by atoms with Crippen LogP contribution in [0.5, 0.6) is 0 Å². The van der Waals surface area contributed by atoms with Crippen molar-refractivity contribution < 1.29 is 14.3 Å². The number of carbonyl (C=O) groups excluding carboxylic acids is 1. The Kier molecular flexibility index (Phi) is 5.52. The van der Waals surface area contributed by atoms with Gasteiger partial charge < -0.3 is 10.4 Å². The van der Waals surface area contributed by atoms with Crippen molar-refractivity contribution in [2.24, 2.45) is 11.8 Å². The molecule has 1 aromatic carbocycles. The molecule has 0 spiro atoms. The number of hydrogen-bond donors (Lipinski definition) is 2. The molecule has 2 N–H and O–H groups in total. The summed E-state index contributed by atoms with van der Waals surface area (Å²) in [5.74, 6) is 0.385.